The molecule has 0 unspecified atom stereocenters. The van der Waals surface area contributed by atoms with Crippen LogP contribution in [0.5, 0.6) is 0 Å². The fraction of sp³-hybridized carbons (Fsp3) is 0.500. The topological polar surface area (TPSA) is 35.6 Å². The molecule has 2 aromatic rings. The van der Waals surface area contributed by atoms with E-state index in [9.17, 15) is 22.4 Å². The Bertz CT molecular complexity index is 982. The van der Waals surface area contributed by atoms with E-state index in [1.807, 2.05) is 11.0 Å². The van der Waals surface area contributed by atoms with Crippen LogP contribution in [0, 0.1) is 5.82 Å². The summed E-state index contributed by atoms with van der Waals surface area (Å²) in [6, 6.07) is 11.9. The number of unbranched alkanes of at least 4 members (excludes halogenated alkanes) is 1. The Balaban J connectivity index is 1.17. The summed E-state index contributed by atoms with van der Waals surface area (Å²) in [6.07, 6.45) is -0.0915. The first-order valence-corrected chi connectivity index (χ1v) is 12.0. The minimum absolute atomic E-state index is 0.0148. The molecule has 0 radical (unpaired) electrons. The van der Waals surface area contributed by atoms with Crippen molar-refractivity contribution in [3.8, 4) is 0 Å². The van der Waals surface area contributed by atoms with Gasteiger partial charge in [0.1, 0.15) is 5.82 Å². The second-order valence-electron chi connectivity index (χ2n) is 9.29. The van der Waals surface area contributed by atoms with Crippen LogP contribution in [0.15, 0.2) is 48.5 Å². The molecule has 1 amide bonds. The first kappa shape index (κ1) is 24.5. The predicted molar refractivity (Wildman–Crippen MR) is 124 cm³/mol. The second-order valence-corrected chi connectivity index (χ2v) is 9.29. The van der Waals surface area contributed by atoms with Gasteiger partial charge in [0.05, 0.1) is 11.0 Å². The van der Waals surface area contributed by atoms with Crippen LogP contribution in [0.25, 0.3) is 0 Å². The van der Waals surface area contributed by atoms with Crippen LogP contribution in [0.1, 0.15) is 43.2 Å². The Morgan fingerprint density at radius 2 is 1.71 bits per heavy atom. The van der Waals surface area contributed by atoms with Crippen molar-refractivity contribution in [1.82, 2.24) is 10.2 Å². The lowest BCUT2D eigenvalue weighted by Gasteiger charge is -2.40. The number of carbonyl (C=O) groups excluding carboxylic acids is 1. The third-order valence-corrected chi connectivity index (χ3v) is 7.12. The number of halogens is 4. The zero-order chi connectivity index (χ0) is 24.2. The van der Waals surface area contributed by atoms with Crippen LogP contribution in [0.3, 0.4) is 0 Å². The summed E-state index contributed by atoms with van der Waals surface area (Å²) < 4.78 is 52.6. The highest BCUT2D eigenvalue weighted by Gasteiger charge is 2.45. The number of carbonyl (C=O) groups is 1. The zero-order valence-electron chi connectivity index (χ0n) is 19.2. The molecule has 2 aromatic carbocycles. The average molecular weight is 478 g/mol. The number of rotatable bonds is 8. The van der Waals surface area contributed by atoms with Crippen molar-refractivity contribution < 1.29 is 22.4 Å². The Morgan fingerprint density at radius 3 is 2.35 bits per heavy atom. The van der Waals surface area contributed by atoms with Gasteiger partial charge in [-0.2, -0.15) is 13.2 Å². The fourth-order valence-electron chi connectivity index (χ4n) is 4.90. The van der Waals surface area contributed by atoms with Crippen LogP contribution >= 0.6 is 0 Å². The number of nitrogens with zero attached hydrogens (tertiary/aromatic N) is 2. The van der Waals surface area contributed by atoms with Gasteiger partial charge < -0.3 is 10.2 Å². The molecule has 0 aromatic heterocycles. The molecule has 1 saturated carbocycles. The average Bonchev–Trinajstić information content (AvgIpc) is 2.78. The maximum Gasteiger partial charge on any atom is 0.416 e. The Morgan fingerprint density at radius 1 is 0.971 bits per heavy atom. The highest BCUT2D eigenvalue weighted by molar-refractivity contribution is 5.89. The van der Waals surface area contributed by atoms with E-state index >= 15 is 0 Å². The van der Waals surface area contributed by atoms with Crippen LogP contribution in [0.2, 0.25) is 0 Å². The van der Waals surface area contributed by atoms with Gasteiger partial charge in [0.2, 0.25) is 5.91 Å². The minimum atomic E-state index is -4.33. The molecule has 1 heterocycles. The summed E-state index contributed by atoms with van der Waals surface area (Å²) in [5.41, 5.74) is 0.160. The number of benzene rings is 2. The minimum Gasteiger partial charge on any atom is -0.369 e. The number of amides is 1. The number of hydrogen-bond donors (Lipinski definition) is 1. The first-order chi connectivity index (χ1) is 16.3. The zero-order valence-corrected chi connectivity index (χ0v) is 19.2. The number of hydrogen-bond acceptors (Lipinski definition) is 3. The van der Waals surface area contributed by atoms with Crippen molar-refractivity contribution in [3.63, 3.8) is 0 Å². The molecule has 4 nitrogen and oxygen atoms in total. The first-order valence-electron chi connectivity index (χ1n) is 12.0. The number of nitrogens with one attached hydrogen (secondary N) is 1. The van der Waals surface area contributed by atoms with Crippen LogP contribution in [-0.4, -0.2) is 50.1 Å². The van der Waals surface area contributed by atoms with E-state index < -0.39 is 17.2 Å². The molecule has 1 N–H and O–H groups in total. The molecule has 1 saturated heterocycles. The fourth-order valence-corrected chi connectivity index (χ4v) is 4.90. The quantitative estimate of drug-likeness (QED) is 0.430. The molecule has 0 atom stereocenters. The lowest BCUT2D eigenvalue weighted by Crippen LogP contribution is -2.49. The number of alkyl halides is 3. The molecule has 0 bridgehead atoms. The van der Waals surface area contributed by atoms with E-state index in [1.54, 1.807) is 12.1 Å². The summed E-state index contributed by atoms with van der Waals surface area (Å²) >= 11 is 0. The van der Waals surface area contributed by atoms with E-state index in [0.717, 1.165) is 63.4 Å². The summed E-state index contributed by atoms with van der Waals surface area (Å²) in [4.78, 5) is 17.2. The molecule has 1 aliphatic heterocycles. The van der Waals surface area contributed by atoms with Crippen molar-refractivity contribution >= 4 is 11.6 Å². The largest absolute Gasteiger partial charge is 0.416 e. The highest BCUT2D eigenvalue weighted by Crippen LogP contribution is 2.44. The van der Waals surface area contributed by atoms with Gasteiger partial charge in [-0.1, -0.05) is 24.6 Å². The Hall–Kier alpha value is -2.61. The summed E-state index contributed by atoms with van der Waals surface area (Å²) in [5.74, 6) is -0.330. The van der Waals surface area contributed by atoms with Crippen molar-refractivity contribution in [1.29, 1.82) is 0 Å². The molecular weight excluding hydrogens is 446 g/mol. The lowest BCUT2D eigenvalue weighted by molar-refractivity contribution is -0.137. The van der Waals surface area contributed by atoms with Gasteiger partial charge in [0.25, 0.3) is 0 Å². The molecule has 0 spiro atoms. The smallest absolute Gasteiger partial charge is 0.369 e. The van der Waals surface area contributed by atoms with Gasteiger partial charge >= 0.3 is 6.18 Å². The predicted octanol–water partition coefficient (Wildman–Crippen LogP) is 4.98. The van der Waals surface area contributed by atoms with Crippen LogP contribution in [0.4, 0.5) is 23.2 Å². The molecule has 184 valence electrons. The van der Waals surface area contributed by atoms with Crippen molar-refractivity contribution in [2.45, 2.75) is 43.7 Å². The van der Waals surface area contributed by atoms with Gasteiger partial charge in [-0.05, 0) is 68.1 Å². The molecule has 2 aliphatic rings. The number of anilines is 1. The van der Waals surface area contributed by atoms with E-state index in [2.05, 4.69) is 10.2 Å². The molecule has 34 heavy (non-hydrogen) atoms. The standard InChI is InChI=1S/C26H31F4N3O/c27-22-8-3-6-20(18-22)25(10-5-11-25)24(34)31-12-1-2-13-32-14-16-33(17-15-32)23-9-4-7-21(19-23)26(28,29)30/h3-4,6-9,18-19H,1-2,5,10-17H2,(H,31,34). The van der Waals surface area contributed by atoms with Crippen LogP contribution < -0.4 is 10.2 Å². The molecule has 4 rings (SSSR count). The van der Waals surface area contributed by atoms with E-state index in [0.29, 0.717) is 25.3 Å². The van der Waals surface area contributed by atoms with Gasteiger partial charge in [0, 0.05) is 38.4 Å². The molecule has 2 fully saturated rings. The Labute approximate surface area is 197 Å². The van der Waals surface area contributed by atoms with Crippen LogP contribution in [-0.2, 0) is 16.4 Å². The normalized spacial score (nSPS) is 18.4. The second kappa shape index (κ2) is 10.3. The monoisotopic (exact) mass is 477 g/mol. The summed E-state index contributed by atoms with van der Waals surface area (Å²) in [7, 11) is 0. The van der Waals surface area contributed by atoms with E-state index in [-0.39, 0.29) is 11.7 Å². The highest BCUT2D eigenvalue weighted by atomic mass is 19.4. The number of piperazine rings is 1. The summed E-state index contributed by atoms with van der Waals surface area (Å²) in [5, 5.41) is 3.05. The third-order valence-electron chi connectivity index (χ3n) is 7.12. The van der Waals surface area contributed by atoms with Gasteiger partial charge in [-0.25, -0.2) is 4.39 Å². The summed E-state index contributed by atoms with van der Waals surface area (Å²) in [6.45, 7) is 4.44. The maximum atomic E-state index is 13.7. The van der Waals surface area contributed by atoms with Crippen molar-refractivity contribution in [2.75, 3.05) is 44.2 Å². The Kier molecular flexibility index (Phi) is 7.45. The van der Waals surface area contributed by atoms with Gasteiger partial charge in [-0.3, -0.25) is 9.69 Å². The molecule has 8 heteroatoms. The third kappa shape index (κ3) is 5.54. The van der Waals surface area contributed by atoms with E-state index in [4.69, 9.17) is 0 Å². The molecular formula is C26H31F4N3O. The SMILES string of the molecule is O=C(NCCCCN1CCN(c2cccc(C(F)(F)F)c2)CC1)C1(c2cccc(F)c2)CCC1. The van der Waals surface area contributed by atoms with Gasteiger partial charge in [-0.15, -0.1) is 0 Å². The van der Waals surface area contributed by atoms with Crippen molar-refractivity contribution in [2.24, 2.45) is 0 Å². The molecule has 1 aliphatic carbocycles. The van der Waals surface area contributed by atoms with E-state index in [1.165, 1.54) is 24.3 Å². The van der Waals surface area contributed by atoms with Crippen molar-refractivity contribution in [3.05, 3.63) is 65.5 Å². The van der Waals surface area contributed by atoms with Gasteiger partial charge in [0.15, 0.2) is 0 Å². The lowest BCUT2D eigenvalue weighted by atomic mass is 9.64. The maximum absolute atomic E-state index is 13.7.